The summed E-state index contributed by atoms with van der Waals surface area (Å²) in [6.45, 7) is 7.58. The molecule has 0 amide bonds. The van der Waals surface area contributed by atoms with E-state index in [2.05, 4.69) is 25.4 Å². The first-order valence-corrected chi connectivity index (χ1v) is 8.34. The predicted molar refractivity (Wildman–Crippen MR) is 69.4 cm³/mol. The summed E-state index contributed by atoms with van der Waals surface area (Å²) >= 11 is 1.78. The maximum absolute atomic E-state index is 11.4. The maximum atomic E-state index is 11.4. The fraction of sp³-hybridized carbons (Fsp3) is 1.00. The van der Waals surface area contributed by atoms with Gasteiger partial charge in [0.1, 0.15) is 0 Å². The lowest BCUT2D eigenvalue weighted by Gasteiger charge is -2.22. The van der Waals surface area contributed by atoms with E-state index in [0.29, 0.717) is 18.7 Å². The highest BCUT2D eigenvalue weighted by Gasteiger charge is 2.15. The van der Waals surface area contributed by atoms with Crippen molar-refractivity contribution in [2.24, 2.45) is 0 Å². The quantitative estimate of drug-likeness (QED) is 0.667. The predicted octanol–water partition coefficient (Wildman–Crippen LogP) is 1.54. The Hall–Kier alpha value is 0.260. The Kier molecular flexibility index (Phi) is 6.88. The molecule has 5 heteroatoms. The highest BCUT2D eigenvalue weighted by atomic mass is 32.2. The molecule has 0 heterocycles. The number of thioether (sulfide) groups is 1. The van der Waals surface area contributed by atoms with Crippen LogP contribution >= 0.6 is 11.8 Å². The molecule has 0 aromatic rings. The van der Waals surface area contributed by atoms with Crippen molar-refractivity contribution in [2.45, 2.75) is 31.9 Å². The molecular weight excluding hydrogens is 230 g/mol. The minimum atomic E-state index is -2.83. The van der Waals surface area contributed by atoms with Gasteiger partial charge in [0.05, 0.1) is 5.75 Å². The van der Waals surface area contributed by atoms with Crippen molar-refractivity contribution in [3.8, 4) is 0 Å². The smallest absolute Gasteiger partial charge is 0.151 e. The number of hydrogen-bond donors (Lipinski definition) is 1. The molecular formula is C10H23NO2S2. The van der Waals surface area contributed by atoms with Gasteiger partial charge in [-0.1, -0.05) is 6.92 Å². The Morgan fingerprint density at radius 3 is 2.33 bits per heavy atom. The number of sulfone groups is 1. The summed E-state index contributed by atoms with van der Waals surface area (Å²) in [4.78, 5) is 0. The Labute approximate surface area is 98.3 Å². The van der Waals surface area contributed by atoms with Crippen LogP contribution in [0.2, 0.25) is 0 Å². The minimum Gasteiger partial charge on any atom is -0.314 e. The molecule has 3 nitrogen and oxygen atoms in total. The van der Waals surface area contributed by atoms with Crippen LogP contribution in [0.15, 0.2) is 0 Å². The van der Waals surface area contributed by atoms with Gasteiger partial charge in [-0.2, -0.15) is 11.8 Å². The van der Waals surface area contributed by atoms with Crippen LogP contribution < -0.4 is 5.32 Å². The van der Waals surface area contributed by atoms with Gasteiger partial charge in [0.2, 0.25) is 0 Å². The molecule has 0 spiro atoms. The Balaban J connectivity index is 3.72. The van der Waals surface area contributed by atoms with Gasteiger partial charge in [-0.3, -0.25) is 0 Å². The summed E-state index contributed by atoms with van der Waals surface area (Å²) in [5.74, 6) is 0.561. The van der Waals surface area contributed by atoms with Gasteiger partial charge in [0, 0.05) is 23.6 Å². The van der Waals surface area contributed by atoms with Crippen LogP contribution in [0, 0.1) is 0 Å². The molecule has 0 radical (unpaired) electrons. The van der Waals surface area contributed by atoms with Crippen molar-refractivity contribution < 1.29 is 8.42 Å². The van der Waals surface area contributed by atoms with Crippen molar-refractivity contribution >= 4 is 21.6 Å². The Morgan fingerprint density at radius 1 is 1.27 bits per heavy atom. The maximum Gasteiger partial charge on any atom is 0.151 e. The number of rotatable bonds is 8. The second kappa shape index (κ2) is 6.76. The van der Waals surface area contributed by atoms with Gasteiger partial charge in [0.25, 0.3) is 0 Å². The van der Waals surface area contributed by atoms with Gasteiger partial charge in [0.15, 0.2) is 9.84 Å². The van der Waals surface area contributed by atoms with E-state index >= 15 is 0 Å². The molecule has 0 aliphatic rings. The summed E-state index contributed by atoms with van der Waals surface area (Å²) in [5.41, 5.74) is 0. The number of hydrogen-bond acceptors (Lipinski definition) is 4. The highest BCUT2D eigenvalue weighted by molar-refractivity contribution is 7.99. The molecule has 0 atom stereocenters. The van der Waals surface area contributed by atoms with Crippen LogP contribution in [-0.4, -0.2) is 44.0 Å². The normalized spacial score (nSPS) is 13.1. The first-order chi connectivity index (χ1) is 6.83. The highest BCUT2D eigenvalue weighted by Crippen LogP contribution is 2.19. The molecule has 0 aliphatic carbocycles. The van der Waals surface area contributed by atoms with Crippen molar-refractivity contribution in [3.05, 3.63) is 0 Å². The van der Waals surface area contributed by atoms with E-state index in [1.54, 1.807) is 11.8 Å². The third kappa shape index (κ3) is 8.11. The molecule has 92 valence electrons. The van der Waals surface area contributed by atoms with Crippen LogP contribution in [0.3, 0.4) is 0 Å². The van der Waals surface area contributed by atoms with Crippen molar-refractivity contribution in [1.29, 1.82) is 0 Å². The van der Waals surface area contributed by atoms with Crippen LogP contribution in [0.5, 0.6) is 0 Å². The monoisotopic (exact) mass is 253 g/mol. The van der Waals surface area contributed by atoms with E-state index < -0.39 is 9.84 Å². The zero-order valence-corrected chi connectivity index (χ0v) is 11.8. The average Bonchev–Trinajstić information content (AvgIpc) is 2.13. The van der Waals surface area contributed by atoms with E-state index in [1.807, 2.05) is 6.92 Å². The summed E-state index contributed by atoms with van der Waals surface area (Å²) in [7, 11) is -2.83. The van der Waals surface area contributed by atoms with Crippen molar-refractivity contribution in [1.82, 2.24) is 5.32 Å². The molecule has 0 rings (SSSR count). The molecule has 0 fully saturated rings. The van der Waals surface area contributed by atoms with Crippen LogP contribution in [-0.2, 0) is 9.84 Å². The first-order valence-electron chi connectivity index (χ1n) is 5.29. The topological polar surface area (TPSA) is 46.2 Å². The van der Waals surface area contributed by atoms with E-state index in [0.717, 1.165) is 6.54 Å². The second-order valence-corrected chi connectivity index (χ2v) is 8.11. The van der Waals surface area contributed by atoms with Crippen LogP contribution in [0.1, 0.15) is 27.2 Å². The summed E-state index contributed by atoms with van der Waals surface area (Å²) in [6, 6.07) is 0. The van der Waals surface area contributed by atoms with Gasteiger partial charge in [-0.05, 0) is 26.5 Å². The van der Waals surface area contributed by atoms with Crippen molar-refractivity contribution in [2.75, 3.05) is 30.9 Å². The summed E-state index contributed by atoms with van der Waals surface area (Å²) in [6.07, 6.45) is 2.77. The zero-order valence-electron chi connectivity index (χ0n) is 10.2. The SMILES string of the molecule is CCCS(=O)(=O)CCNCC(C)(C)SC. The molecule has 0 aliphatic heterocycles. The summed E-state index contributed by atoms with van der Waals surface area (Å²) in [5, 5.41) is 3.19. The average molecular weight is 253 g/mol. The van der Waals surface area contributed by atoms with E-state index in [1.165, 1.54) is 0 Å². The molecule has 1 N–H and O–H groups in total. The fourth-order valence-corrected chi connectivity index (χ4v) is 2.63. The van der Waals surface area contributed by atoms with Crippen molar-refractivity contribution in [3.63, 3.8) is 0 Å². The molecule has 0 saturated heterocycles. The lowest BCUT2D eigenvalue weighted by atomic mass is 10.2. The third-order valence-corrected chi connectivity index (χ3v) is 5.31. The van der Waals surface area contributed by atoms with Gasteiger partial charge >= 0.3 is 0 Å². The molecule has 0 unspecified atom stereocenters. The number of nitrogens with one attached hydrogen (secondary N) is 1. The Bertz CT molecular complexity index is 261. The van der Waals surface area contributed by atoms with E-state index in [9.17, 15) is 8.42 Å². The largest absolute Gasteiger partial charge is 0.314 e. The van der Waals surface area contributed by atoms with Gasteiger partial charge < -0.3 is 5.32 Å². The molecule has 0 aromatic carbocycles. The van der Waals surface area contributed by atoms with Gasteiger partial charge in [-0.15, -0.1) is 0 Å². The van der Waals surface area contributed by atoms with E-state index in [-0.39, 0.29) is 10.5 Å². The van der Waals surface area contributed by atoms with Crippen LogP contribution in [0.4, 0.5) is 0 Å². The third-order valence-electron chi connectivity index (χ3n) is 2.21. The molecule has 0 saturated carbocycles. The standard InChI is InChI=1S/C10H23NO2S2/c1-5-7-15(12,13)8-6-11-9-10(2,3)14-4/h11H,5-9H2,1-4H3. The molecule has 0 bridgehead atoms. The molecule has 15 heavy (non-hydrogen) atoms. The Morgan fingerprint density at radius 2 is 1.87 bits per heavy atom. The minimum absolute atomic E-state index is 0.175. The fourth-order valence-electron chi connectivity index (χ4n) is 1.10. The van der Waals surface area contributed by atoms with Crippen LogP contribution in [0.25, 0.3) is 0 Å². The van der Waals surface area contributed by atoms with E-state index in [4.69, 9.17) is 0 Å². The zero-order chi connectivity index (χ0) is 11.9. The first kappa shape index (κ1) is 15.3. The molecule has 0 aromatic heterocycles. The van der Waals surface area contributed by atoms with Gasteiger partial charge in [-0.25, -0.2) is 8.42 Å². The lowest BCUT2D eigenvalue weighted by Crippen LogP contribution is -2.35. The second-order valence-electron chi connectivity index (χ2n) is 4.29. The summed E-state index contributed by atoms with van der Waals surface area (Å²) < 4.78 is 22.9. The lowest BCUT2D eigenvalue weighted by molar-refractivity contribution is 0.578.